The van der Waals surface area contributed by atoms with E-state index in [9.17, 15) is 9.59 Å². The lowest BCUT2D eigenvalue weighted by molar-refractivity contribution is -0.137. The first-order chi connectivity index (χ1) is 15.6. The van der Waals surface area contributed by atoms with Crippen LogP contribution in [-0.4, -0.2) is 34.9 Å². The van der Waals surface area contributed by atoms with Gasteiger partial charge in [-0.2, -0.15) is 0 Å². The van der Waals surface area contributed by atoms with Gasteiger partial charge in [-0.25, -0.2) is 0 Å². The fourth-order valence-electron chi connectivity index (χ4n) is 3.66. The first-order valence-electron chi connectivity index (χ1n) is 10.0. The number of nitrogens with zero attached hydrogens (tertiary/aromatic N) is 2. The van der Waals surface area contributed by atoms with Crippen LogP contribution in [0.4, 0.5) is 5.69 Å². The second kappa shape index (κ2) is 8.36. The molecule has 5 rings (SSSR count). The van der Waals surface area contributed by atoms with Crippen LogP contribution in [-0.2, 0) is 16.1 Å². The maximum atomic E-state index is 13.4. The number of carbonyl (C=O) groups excluding carboxylic acids is 2. The predicted molar refractivity (Wildman–Crippen MR) is 119 cm³/mol. The number of benzene rings is 2. The first-order valence-corrected chi connectivity index (χ1v) is 10.4. The zero-order chi connectivity index (χ0) is 22.1. The molecule has 1 N–H and O–H groups in total. The maximum absolute atomic E-state index is 13.4. The number of carbonyl (C=O) groups is 2. The van der Waals surface area contributed by atoms with Crippen LogP contribution in [0, 0.1) is 0 Å². The summed E-state index contributed by atoms with van der Waals surface area (Å²) in [6.45, 7) is 1.08. The molecule has 2 amide bonds. The lowest BCUT2D eigenvalue weighted by atomic mass is 10.0. The summed E-state index contributed by atoms with van der Waals surface area (Å²) in [5.74, 6) is 0.433. The van der Waals surface area contributed by atoms with E-state index < -0.39 is 5.91 Å². The standard InChI is InChI=1S/C24H18ClN3O4/c25-17-3-1-16(2-4-17)21-22(27-18-5-6-19-20(13-18)32-12-11-31-19)24(30)28(23(21)29)14-15-7-9-26-10-8-15/h1-10,13,27H,11-12,14H2. The van der Waals surface area contributed by atoms with Crippen LogP contribution in [0.15, 0.2) is 72.7 Å². The van der Waals surface area contributed by atoms with Crippen LogP contribution < -0.4 is 14.8 Å². The Balaban J connectivity index is 1.52. The molecule has 0 saturated heterocycles. The van der Waals surface area contributed by atoms with E-state index in [1.165, 1.54) is 4.90 Å². The molecule has 2 aromatic carbocycles. The van der Waals surface area contributed by atoms with E-state index in [1.54, 1.807) is 67.0 Å². The Morgan fingerprint density at radius 3 is 2.38 bits per heavy atom. The highest BCUT2D eigenvalue weighted by atomic mass is 35.5. The summed E-state index contributed by atoms with van der Waals surface area (Å²) in [5, 5.41) is 3.68. The number of halogens is 1. The number of nitrogens with one attached hydrogen (secondary N) is 1. The predicted octanol–water partition coefficient (Wildman–Crippen LogP) is 3.90. The Labute approximate surface area is 189 Å². The monoisotopic (exact) mass is 447 g/mol. The van der Waals surface area contributed by atoms with Crippen LogP contribution in [0.3, 0.4) is 0 Å². The molecule has 7 nitrogen and oxygen atoms in total. The zero-order valence-corrected chi connectivity index (χ0v) is 17.6. The van der Waals surface area contributed by atoms with Gasteiger partial charge in [0.1, 0.15) is 18.9 Å². The van der Waals surface area contributed by atoms with Gasteiger partial charge in [0.15, 0.2) is 11.5 Å². The van der Waals surface area contributed by atoms with Crippen LogP contribution in [0.1, 0.15) is 11.1 Å². The molecule has 0 spiro atoms. The van der Waals surface area contributed by atoms with Gasteiger partial charge in [-0.15, -0.1) is 0 Å². The fourth-order valence-corrected chi connectivity index (χ4v) is 3.78. The SMILES string of the molecule is O=C1C(Nc2ccc3c(c2)OCCO3)=C(c2ccc(Cl)cc2)C(=O)N1Cc1ccncc1. The molecule has 0 unspecified atom stereocenters. The van der Waals surface area contributed by atoms with Crippen molar-refractivity contribution in [2.24, 2.45) is 0 Å². The van der Waals surface area contributed by atoms with Gasteiger partial charge in [-0.3, -0.25) is 19.5 Å². The molecule has 32 heavy (non-hydrogen) atoms. The molecule has 0 radical (unpaired) electrons. The third-order valence-corrected chi connectivity index (χ3v) is 5.45. The van der Waals surface area contributed by atoms with Gasteiger partial charge in [0, 0.05) is 29.2 Å². The Hall–Kier alpha value is -3.84. The minimum absolute atomic E-state index is 0.142. The number of hydrogen-bond acceptors (Lipinski definition) is 6. The molecule has 0 atom stereocenters. The quantitative estimate of drug-likeness (QED) is 0.597. The number of amides is 2. The fraction of sp³-hybridized carbons (Fsp3) is 0.125. The minimum Gasteiger partial charge on any atom is -0.486 e. The number of fused-ring (bicyclic) bond motifs is 1. The average Bonchev–Trinajstić information content (AvgIpc) is 3.04. The minimum atomic E-state index is -0.411. The second-order valence-corrected chi connectivity index (χ2v) is 7.73. The molecule has 3 aromatic rings. The summed E-state index contributed by atoms with van der Waals surface area (Å²) in [7, 11) is 0. The van der Waals surface area contributed by atoms with Crippen molar-refractivity contribution in [1.82, 2.24) is 9.88 Å². The van der Waals surface area contributed by atoms with Crippen molar-refractivity contribution in [2.75, 3.05) is 18.5 Å². The van der Waals surface area contributed by atoms with Gasteiger partial charge < -0.3 is 14.8 Å². The van der Waals surface area contributed by atoms with E-state index in [4.69, 9.17) is 21.1 Å². The molecule has 3 heterocycles. The Bertz CT molecular complexity index is 1230. The lowest BCUT2D eigenvalue weighted by Gasteiger charge is -2.19. The summed E-state index contributed by atoms with van der Waals surface area (Å²) in [4.78, 5) is 31.9. The van der Waals surface area contributed by atoms with Crippen LogP contribution in [0.5, 0.6) is 11.5 Å². The Morgan fingerprint density at radius 2 is 1.62 bits per heavy atom. The highest BCUT2D eigenvalue weighted by Gasteiger charge is 2.39. The van der Waals surface area contributed by atoms with E-state index >= 15 is 0 Å². The number of rotatable bonds is 5. The van der Waals surface area contributed by atoms with Crippen LogP contribution in [0.25, 0.3) is 5.57 Å². The van der Waals surface area contributed by atoms with Gasteiger partial charge in [0.05, 0.1) is 12.1 Å². The Kier molecular flexibility index (Phi) is 5.25. The lowest BCUT2D eigenvalue weighted by Crippen LogP contribution is -2.32. The number of aromatic nitrogens is 1. The summed E-state index contributed by atoms with van der Waals surface area (Å²) in [6.07, 6.45) is 3.25. The van der Waals surface area contributed by atoms with Crippen molar-refractivity contribution in [3.63, 3.8) is 0 Å². The van der Waals surface area contributed by atoms with Crippen molar-refractivity contribution < 1.29 is 19.1 Å². The summed E-state index contributed by atoms with van der Waals surface area (Å²) >= 11 is 6.03. The molecule has 0 aliphatic carbocycles. The van der Waals surface area contributed by atoms with Gasteiger partial charge >= 0.3 is 0 Å². The van der Waals surface area contributed by atoms with Gasteiger partial charge in [0.2, 0.25) is 0 Å². The normalized spacial score (nSPS) is 15.3. The number of hydrogen-bond donors (Lipinski definition) is 1. The molecular formula is C24H18ClN3O4. The smallest absolute Gasteiger partial charge is 0.278 e. The summed E-state index contributed by atoms with van der Waals surface area (Å²) in [5.41, 5.74) is 2.50. The van der Waals surface area contributed by atoms with Crippen molar-refractivity contribution in [1.29, 1.82) is 0 Å². The number of ether oxygens (including phenoxy) is 2. The highest BCUT2D eigenvalue weighted by molar-refractivity contribution is 6.36. The molecule has 0 fully saturated rings. The van der Waals surface area contributed by atoms with E-state index in [0.29, 0.717) is 41.0 Å². The van der Waals surface area contributed by atoms with Gasteiger partial charge in [0.25, 0.3) is 11.8 Å². The van der Waals surface area contributed by atoms with Crippen LogP contribution in [0.2, 0.25) is 5.02 Å². The largest absolute Gasteiger partial charge is 0.486 e. The third-order valence-electron chi connectivity index (χ3n) is 5.20. The van der Waals surface area contributed by atoms with Gasteiger partial charge in [-0.1, -0.05) is 23.7 Å². The highest BCUT2D eigenvalue weighted by Crippen LogP contribution is 2.36. The van der Waals surface area contributed by atoms with Gasteiger partial charge in [-0.05, 0) is 47.5 Å². The molecule has 8 heteroatoms. The molecule has 160 valence electrons. The van der Waals surface area contributed by atoms with Crippen molar-refractivity contribution in [3.05, 3.63) is 88.8 Å². The van der Waals surface area contributed by atoms with Crippen molar-refractivity contribution in [2.45, 2.75) is 6.54 Å². The van der Waals surface area contributed by atoms with Crippen LogP contribution >= 0.6 is 11.6 Å². The molecule has 0 bridgehead atoms. The second-order valence-electron chi connectivity index (χ2n) is 7.29. The molecule has 1 aromatic heterocycles. The number of anilines is 1. The average molecular weight is 448 g/mol. The molecular weight excluding hydrogens is 430 g/mol. The van der Waals surface area contributed by atoms with E-state index in [0.717, 1.165) is 5.56 Å². The first kappa shape index (κ1) is 20.1. The molecule has 2 aliphatic heterocycles. The van der Waals surface area contributed by atoms with Crippen molar-refractivity contribution in [3.8, 4) is 11.5 Å². The number of imide groups is 1. The van der Waals surface area contributed by atoms with Crippen molar-refractivity contribution >= 4 is 34.7 Å². The van der Waals surface area contributed by atoms with E-state index in [2.05, 4.69) is 10.3 Å². The third kappa shape index (κ3) is 3.78. The van der Waals surface area contributed by atoms with E-state index in [-0.39, 0.29) is 23.7 Å². The summed E-state index contributed by atoms with van der Waals surface area (Å²) < 4.78 is 11.2. The molecule has 0 saturated carbocycles. The maximum Gasteiger partial charge on any atom is 0.278 e. The van der Waals surface area contributed by atoms with E-state index in [1.807, 2.05) is 0 Å². The molecule has 2 aliphatic rings. The summed E-state index contributed by atoms with van der Waals surface area (Å²) in [6, 6.07) is 15.7. The topological polar surface area (TPSA) is 80.8 Å². The Morgan fingerprint density at radius 1 is 0.906 bits per heavy atom. The zero-order valence-electron chi connectivity index (χ0n) is 16.9. The number of pyridine rings is 1.